The first kappa shape index (κ1) is 19.9. The summed E-state index contributed by atoms with van der Waals surface area (Å²) in [6.45, 7) is 1.43. The Balaban J connectivity index is 2.13. The van der Waals surface area contributed by atoms with Gasteiger partial charge in [-0.05, 0) is 49.4 Å². The monoisotopic (exact) mass is 407 g/mol. The lowest BCUT2D eigenvalue weighted by molar-refractivity contribution is -0.137. The highest BCUT2D eigenvalue weighted by atomic mass is 32.2. The molecule has 0 aliphatic rings. The molecule has 0 bridgehead atoms. The van der Waals surface area contributed by atoms with Crippen LogP contribution in [0.5, 0.6) is 5.75 Å². The Kier molecular flexibility index (Phi) is 5.73. The average Bonchev–Trinajstić information content (AvgIpc) is 3.10. The van der Waals surface area contributed by atoms with Crippen LogP contribution in [0.2, 0.25) is 0 Å². The van der Waals surface area contributed by atoms with Crippen LogP contribution in [0.4, 0.5) is 13.2 Å². The third-order valence-electron chi connectivity index (χ3n) is 3.82. The molecule has 5 nitrogen and oxygen atoms in total. The zero-order valence-corrected chi connectivity index (χ0v) is 15.8. The van der Waals surface area contributed by atoms with E-state index in [0.29, 0.717) is 22.3 Å². The predicted molar refractivity (Wildman–Crippen MR) is 99.8 cm³/mol. The summed E-state index contributed by atoms with van der Waals surface area (Å²) in [6, 6.07) is 11.8. The number of methoxy groups -OCH3 is 1. The van der Waals surface area contributed by atoms with Crippen LogP contribution < -0.4 is 4.74 Å². The van der Waals surface area contributed by atoms with Crippen molar-refractivity contribution >= 4 is 17.5 Å². The number of hydrogen-bond donors (Lipinski definition) is 0. The van der Waals surface area contributed by atoms with Crippen molar-refractivity contribution in [3.05, 3.63) is 54.1 Å². The Bertz CT molecular complexity index is 985. The van der Waals surface area contributed by atoms with Gasteiger partial charge < -0.3 is 4.74 Å². The number of nitrogens with zero attached hydrogens (tertiary/aromatic N) is 3. The molecule has 0 N–H and O–H groups in total. The predicted octanol–water partition coefficient (Wildman–Crippen LogP) is 4.64. The second kappa shape index (κ2) is 8.05. The number of benzene rings is 2. The molecule has 0 saturated heterocycles. The Labute approximate surface area is 163 Å². The molecule has 3 rings (SSSR count). The molecule has 0 radical (unpaired) electrons. The quantitative estimate of drug-likeness (QED) is 0.557. The van der Waals surface area contributed by atoms with Gasteiger partial charge in [0, 0.05) is 5.56 Å². The number of ketones is 1. The van der Waals surface area contributed by atoms with Gasteiger partial charge in [0.15, 0.2) is 11.0 Å². The maximum absolute atomic E-state index is 13.2. The number of Topliss-reactive ketones (excluding diaryl/α,β-unsaturated/α-hetero) is 1. The van der Waals surface area contributed by atoms with Crippen molar-refractivity contribution in [1.29, 1.82) is 0 Å². The van der Waals surface area contributed by atoms with Crippen LogP contribution in [-0.2, 0) is 11.0 Å². The van der Waals surface area contributed by atoms with E-state index in [1.807, 2.05) is 0 Å². The zero-order chi connectivity index (χ0) is 20.3. The lowest BCUT2D eigenvalue weighted by atomic mass is 10.1. The number of ether oxygens (including phenoxy) is 1. The van der Waals surface area contributed by atoms with Crippen molar-refractivity contribution in [2.75, 3.05) is 12.9 Å². The number of rotatable bonds is 6. The van der Waals surface area contributed by atoms with E-state index in [9.17, 15) is 18.0 Å². The van der Waals surface area contributed by atoms with Gasteiger partial charge in [0.2, 0.25) is 0 Å². The number of carbonyl (C=O) groups excluding carboxylic acids is 1. The topological polar surface area (TPSA) is 57.0 Å². The van der Waals surface area contributed by atoms with Crippen LogP contribution >= 0.6 is 11.8 Å². The van der Waals surface area contributed by atoms with Crippen LogP contribution in [0.1, 0.15) is 12.5 Å². The van der Waals surface area contributed by atoms with Crippen molar-refractivity contribution in [1.82, 2.24) is 14.8 Å². The number of hydrogen-bond acceptors (Lipinski definition) is 5. The summed E-state index contributed by atoms with van der Waals surface area (Å²) < 4.78 is 46.2. The van der Waals surface area contributed by atoms with Crippen LogP contribution in [0.25, 0.3) is 17.1 Å². The minimum absolute atomic E-state index is 0.0745. The van der Waals surface area contributed by atoms with Gasteiger partial charge in [0.25, 0.3) is 0 Å². The Morgan fingerprint density at radius 1 is 1.14 bits per heavy atom. The second-order valence-electron chi connectivity index (χ2n) is 5.91. The van der Waals surface area contributed by atoms with Crippen LogP contribution in [0, 0.1) is 0 Å². The molecule has 0 aliphatic carbocycles. The lowest BCUT2D eigenvalue weighted by Crippen LogP contribution is -2.07. The molecule has 9 heteroatoms. The molecule has 3 aromatic rings. The number of thioether (sulfide) groups is 1. The van der Waals surface area contributed by atoms with E-state index in [0.717, 1.165) is 23.9 Å². The van der Waals surface area contributed by atoms with Crippen molar-refractivity contribution < 1.29 is 22.7 Å². The average molecular weight is 407 g/mol. The normalized spacial score (nSPS) is 11.5. The minimum Gasteiger partial charge on any atom is -0.497 e. The van der Waals surface area contributed by atoms with Gasteiger partial charge >= 0.3 is 6.18 Å². The molecule has 0 aliphatic heterocycles. The molecule has 0 amide bonds. The van der Waals surface area contributed by atoms with Gasteiger partial charge in [-0.15, -0.1) is 10.2 Å². The summed E-state index contributed by atoms with van der Waals surface area (Å²) in [7, 11) is 1.54. The minimum atomic E-state index is -4.48. The SMILES string of the molecule is COc1ccc(-c2nnc(SCC(C)=O)n2-c2cccc(C(F)(F)F)c2)cc1. The Morgan fingerprint density at radius 3 is 2.46 bits per heavy atom. The van der Waals surface area contributed by atoms with Gasteiger partial charge in [-0.1, -0.05) is 17.8 Å². The molecule has 0 unspecified atom stereocenters. The van der Waals surface area contributed by atoms with Crippen LogP contribution in [0.15, 0.2) is 53.7 Å². The molecule has 0 fully saturated rings. The molecule has 0 atom stereocenters. The summed E-state index contributed by atoms with van der Waals surface area (Å²) in [4.78, 5) is 11.4. The molecule has 2 aromatic carbocycles. The first-order valence-corrected chi connectivity index (χ1v) is 9.18. The van der Waals surface area contributed by atoms with Gasteiger partial charge in [-0.3, -0.25) is 9.36 Å². The van der Waals surface area contributed by atoms with Crippen LogP contribution in [-0.4, -0.2) is 33.4 Å². The van der Waals surface area contributed by atoms with Crippen LogP contribution in [0.3, 0.4) is 0 Å². The van der Waals surface area contributed by atoms with Gasteiger partial charge in [-0.2, -0.15) is 13.2 Å². The van der Waals surface area contributed by atoms with E-state index >= 15 is 0 Å². The summed E-state index contributed by atoms with van der Waals surface area (Å²) in [6.07, 6.45) is -4.48. The van der Waals surface area contributed by atoms with Crippen molar-refractivity contribution in [2.45, 2.75) is 18.3 Å². The van der Waals surface area contributed by atoms with Gasteiger partial charge in [0.05, 0.1) is 24.1 Å². The lowest BCUT2D eigenvalue weighted by Gasteiger charge is -2.13. The first-order valence-electron chi connectivity index (χ1n) is 8.19. The number of aromatic nitrogens is 3. The Morgan fingerprint density at radius 2 is 1.86 bits per heavy atom. The van der Waals surface area contributed by atoms with E-state index in [1.54, 1.807) is 30.3 Å². The highest BCUT2D eigenvalue weighted by Crippen LogP contribution is 2.33. The zero-order valence-electron chi connectivity index (χ0n) is 15.0. The molecule has 0 spiro atoms. The van der Waals surface area contributed by atoms with Crippen molar-refractivity contribution in [2.24, 2.45) is 0 Å². The number of halogens is 3. The molecule has 0 saturated carbocycles. The molecule has 146 valence electrons. The summed E-state index contributed by atoms with van der Waals surface area (Å²) in [5.74, 6) is 1.07. The smallest absolute Gasteiger partial charge is 0.416 e. The van der Waals surface area contributed by atoms with Crippen molar-refractivity contribution in [3.63, 3.8) is 0 Å². The Hall–Kier alpha value is -2.81. The number of alkyl halides is 3. The first-order chi connectivity index (χ1) is 13.3. The maximum Gasteiger partial charge on any atom is 0.416 e. The third-order valence-corrected chi connectivity index (χ3v) is 4.89. The third kappa shape index (κ3) is 4.36. The molecule has 28 heavy (non-hydrogen) atoms. The van der Waals surface area contributed by atoms with E-state index in [1.165, 1.54) is 24.7 Å². The van der Waals surface area contributed by atoms with E-state index < -0.39 is 11.7 Å². The fourth-order valence-corrected chi connectivity index (χ4v) is 3.26. The van der Waals surface area contributed by atoms with Crippen molar-refractivity contribution in [3.8, 4) is 22.8 Å². The number of carbonyl (C=O) groups is 1. The van der Waals surface area contributed by atoms with Gasteiger partial charge in [0.1, 0.15) is 11.5 Å². The largest absolute Gasteiger partial charge is 0.497 e. The van der Waals surface area contributed by atoms with E-state index in [-0.39, 0.29) is 17.2 Å². The molecule has 1 heterocycles. The summed E-state index contributed by atoms with van der Waals surface area (Å²) in [5.41, 5.74) is 0.138. The summed E-state index contributed by atoms with van der Waals surface area (Å²) >= 11 is 1.12. The van der Waals surface area contributed by atoms with E-state index in [4.69, 9.17) is 4.74 Å². The molecular formula is C19H16F3N3O2S. The fourth-order valence-electron chi connectivity index (χ4n) is 2.51. The highest BCUT2D eigenvalue weighted by Gasteiger charge is 2.31. The standard InChI is InChI=1S/C19H16F3N3O2S/c1-12(26)11-28-18-24-23-17(13-6-8-16(27-2)9-7-13)25(18)15-5-3-4-14(10-15)19(20,21)22/h3-10H,11H2,1-2H3. The fraction of sp³-hybridized carbons (Fsp3) is 0.211. The maximum atomic E-state index is 13.2. The van der Waals surface area contributed by atoms with E-state index in [2.05, 4.69) is 10.2 Å². The highest BCUT2D eigenvalue weighted by molar-refractivity contribution is 7.99. The van der Waals surface area contributed by atoms with Gasteiger partial charge in [-0.25, -0.2) is 0 Å². The molecule has 1 aromatic heterocycles. The second-order valence-corrected chi connectivity index (χ2v) is 6.85. The summed E-state index contributed by atoms with van der Waals surface area (Å²) in [5, 5.41) is 8.57. The molecular weight excluding hydrogens is 391 g/mol.